The van der Waals surface area contributed by atoms with Crippen molar-refractivity contribution in [2.24, 2.45) is 0 Å². The number of imidazole rings is 1. The highest BCUT2D eigenvalue weighted by Crippen LogP contribution is 2.29. The van der Waals surface area contributed by atoms with Gasteiger partial charge in [0.15, 0.2) is 11.5 Å². The maximum atomic E-state index is 12.3. The van der Waals surface area contributed by atoms with Crippen molar-refractivity contribution in [3.8, 4) is 11.5 Å². The minimum Gasteiger partial charge on any atom is -0.504 e. The Labute approximate surface area is 142 Å². The molecule has 2 aromatic carbocycles. The van der Waals surface area contributed by atoms with E-state index in [2.05, 4.69) is 20.0 Å². The highest BCUT2D eigenvalue weighted by Gasteiger charge is 2.12. The van der Waals surface area contributed by atoms with Crippen LogP contribution < -0.4 is 5.32 Å². The van der Waals surface area contributed by atoms with Crippen LogP contribution in [0.5, 0.6) is 11.5 Å². The van der Waals surface area contributed by atoms with Gasteiger partial charge in [-0.05, 0) is 17.7 Å². The molecule has 1 amide bonds. The zero-order valence-corrected chi connectivity index (χ0v) is 13.2. The molecule has 8 heteroatoms. The lowest BCUT2D eigenvalue weighted by molar-refractivity contribution is -0.139. The normalized spacial score (nSPS) is 10.6. The molecule has 3 aromatic rings. The predicted molar refractivity (Wildman–Crippen MR) is 89.5 cm³/mol. The van der Waals surface area contributed by atoms with Gasteiger partial charge in [0.1, 0.15) is 0 Å². The van der Waals surface area contributed by atoms with Crippen molar-refractivity contribution in [1.29, 1.82) is 0 Å². The van der Waals surface area contributed by atoms with Gasteiger partial charge in [0, 0.05) is 17.7 Å². The van der Waals surface area contributed by atoms with Gasteiger partial charge in [0.25, 0.3) is 5.91 Å². The summed E-state index contributed by atoms with van der Waals surface area (Å²) < 4.78 is 4.61. The summed E-state index contributed by atoms with van der Waals surface area (Å²) in [6.45, 7) is 0. The molecule has 0 fully saturated rings. The van der Waals surface area contributed by atoms with Crippen LogP contribution in [0.1, 0.15) is 15.9 Å². The Morgan fingerprint density at radius 2 is 1.96 bits per heavy atom. The van der Waals surface area contributed by atoms with Crippen LogP contribution in [-0.4, -0.2) is 39.2 Å². The third-order valence-corrected chi connectivity index (χ3v) is 3.58. The fraction of sp³-hybridized carbons (Fsp3) is 0.118. The number of fused-ring (bicyclic) bond motifs is 1. The molecule has 4 N–H and O–H groups in total. The molecule has 0 aliphatic carbocycles. The maximum absolute atomic E-state index is 12.3. The molecule has 0 saturated heterocycles. The van der Waals surface area contributed by atoms with Crippen molar-refractivity contribution in [1.82, 2.24) is 9.97 Å². The van der Waals surface area contributed by atoms with E-state index in [1.165, 1.54) is 19.2 Å². The standard InChI is InChI=1S/C17H15N3O5/c1-25-15(23)6-9-3-2-4-10(5-9)16(24)20-17-18-11-7-13(21)14(22)8-12(11)19-17/h2-5,7-8,21-22H,6H2,1H3,(H2,18,19,20,24). The second-order valence-corrected chi connectivity index (χ2v) is 5.35. The lowest BCUT2D eigenvalue weighted by Gasteiger charge is -2.04. The molecule has 0 radical (unpaired) electrons. The number of benzene rings is 2. The zero-order chi connectivity index (χ0) is 18.0. The number of aromatic nitrogens is 2. The molecule has 0 unspecified atom stereocenters. The van der Waals surface area contributed by atoms with Crippen molar-refractivity contribution >= 4 is 28.9 Å². The molecule has 0 aliphatic rings. The van der Waals surface area contributed by atoms with Crippen LogP contribution in [0.4, 0.5) is 5.95 Å². The Balaban J connectivity index is 1.80. The fourth-order valence-corrected chi connectivity index (χ4v) is 2.33. The van der Waals surface area contributed by atoms with Gasteiger partial charge in [-0.3, -0.25) is 14.9 Å². The van der Waals surface area contributed by atoms with Crippen molar-refractivity contribution < 1.29 is 24.5 Å². The smallest absolute Gasteiger partial charge is 0.309 e. The molecule has 0 aliphatic heterocycles. The van der Waals surface area contributed by atoms with Crippen LogP contribution in [0.2, 0.25) is 0 Å². The van der Waals surface area contributed by atoms with Crippen LogP contribution >= 0.6 is 0 Å². The second-order valence-electron chi connectivity index (χ2n) is 5.35. The van der Waals surface area contributed by atoms with Gasteiger partial charge in [-0.25, -0.2) is 4.98 Å². The monoisotopic (exact) mass is 341 g/mol. The van der Waals surface area contributed by atoms with Crippen LogP contribution in [-0.2, 0) is 16.0 Å². The molecule has 128 valence electrons. The summed E-state index contributed by atoms with van der Waals surface area (Å²) in [5.74, 6) is -1.23. The number of amides is 1. The van der Waals surface area contributed by atoms with E-state index < -0.39 is 11.9 Å². The molecule has 1 aromatic heterocycles. The van der Waals surface area contributed by atoms with E-state index in [4.69, 9.17) is 0 Å². The van der Waals surface area contributed by atoms with Crippen LogP contribution in [0.15, 0.2) is 36.4 Å². The summed E-state index contributed by atoms with van der Waals surface area (Å²) >= 11 is 0. The number of rotatable bonds is 4. The first-order chi connectivity index (χ1) is 12.0. The summed E-state index contributed by atoms with van der Waals surface area (Å²) in [7, 11) is 1.30. The number of nitrogens with one attached hydrogen (secondary N) is 2. The summed E-state index contributed by atoms with van der Waals surface area (Å²) in [6, 6.07) is 9.18. The number of esters is 1. The van der Waals surface area contributed by atoms with Gasteiger partial charge >= 0.3 is 5.97 Å². The van der Waals surface area contributed by atoms with Crippen molar-refractivity contribution in [3.05, 3.63) is 47.5 Å². The van der Waals surface area contributed by atoms with E-state index in [1.807, 2.05) is 0 Å². The highest BCUT2D eigenvalue weighted by atomic mass is 16.5. The summed E-state index contributed by atoms with van der Waals surface area (Å²) in [6.07, 6.45) is 0.0702. The van der Waals surface area contributed by atoms with Gasteiger partial charge in [-0.1, -0.05) is 12.1 Å². The minimum absolute atomic E-state index is 0.0702. The lowest BCUT2D eigenvalue weighted by Crippen LogP contribution is -2.13. The van der Waals surface area contributed by atoms with E-state index in [-0.39, 0.29) is 23.9 Å². The number of aromatic hydroxyl groups is 2. The number of anilines is 1. The van der Waals surface area contributed by atoms with Gasteiger partial charge in [0.05, 0.1) is 24.6 Å². The van der Waals surface area contributed by atoms with Gasteiger partial charge in [-0.2, -0.15) is 0 Å². The van der Waals surface area contributed by atoms with Crippen LogP contribution in [0.3, 0.4) is 0 Å². The second kappa shape index (κ2) is 6.52. The Morgan fingerprint density at radius 1 is 1.20 bits per heavy atom. The van der Waals surface area contributed by atoms with E-state index in [0.29, 0.717) is 22.2 Å². The Hall–Kier alpha value is -3.55. The molecule has 0 bridgehead atoms. The largest absolute Gasteiger partial charge is 0.504 e. The topological polar surface area (TPSA) is 125 Å². The van der Waals surface area contributed by atoms with E-state index in [9.17, 15) is 19.8 Å². The van der Waals surface area contributed by atoms with E-state index in [0.717, 1.165) is 0 Å². The van der Waals surface area contributed by atoms with Crippen LogP contribution in [0.25, 0.3) is 11.0 Å². The van der Waals surface area contributed by atoms with Gasteiger partial charge < -0.3 is 19.9 Å². The zero-order valence-electron chi connectivity index (χ0n) is 13.2. The van der Waals surface area contributed by atoms with Gasteiger partial charge in [-0.15, -0.1) is 0 Å². The number of phenolic OH excluding ortho intramolecular Hbond substituents is 2. The fourth-order valence-electron chi connectivity index (χ4n) is 2.33. The highest BCUT2D eigenvalue weighted by molar-refractivity contribution is 6.04. The molecule has 3 rings (SSSR count). The lowest BCUT2D eigenvalue weighted by atomic mass is 10.1. The first-order valence-electron chi connectivity index (χ1n) is 7.35. The molecular weight excluding hydrogens is 326 g/mol. The molecule has 0 saturated carbocycles. The number of phenols is 2. The number of hydrogen-bond donors (Lipinski definition) is 4. The number of carbonyl (C=O) groups excluding carboxylic acids is 2. The molecule has 1 heterocycles. The maximum Gasteiger partial charge on any atom is 0.309 e. The van der Waals surface area contributed by atoms with Crippen molar-refractivity contribution in [3.63, 3.8) is 0 Å². The quantitative estimate of drug-likeness (QED) is 0.425. The molecular formula is C17H15N3O5. The number of nitrogens with zero attached hydrogens (tertiary/aromatic N) is 1. The first kappa shape index (κ1) is 16.3. The minimum atomic E-state index is -0.417. The number of aromatic amines is 1. The number of methoxy groups -OCH3 is 1. The molecule has 0 atom stereocenters. The van der Waals surface area contributed by atoms with Gasteiger partial charge in [0.2, 0.25) is 5.95 Å². The molecule has 25 heavy (non-hydrogen) atoms. The Kier molecular flexibility index (Phi) is 4.25. The SMILES string of the molecule is COC(=O)Cc1cccc(C(=O)Nc2nc3cc(O)c(O)cc3[nH]2)c1. The van der Waals surface area contributed by atoms with Crippen molar-refractivity contribution in [2.75, 3.05) is 12.4 Å². The number of ether oxygens (including phenoxy) is 1. The average molecular weight is 341 g/mol. The summed E-state index contributed by atoms with van der Waals surface area (Å²) in [5.41, 5.74) is 1.86. The number of hydrogen-bond acceptors (Lipinski definition) is 6. The Morgan fingerprint density at radius 3 is 2.72 bits per heavy atom. The predicted octanol–water partition coefficient (Wildman–Crippen LogP) is 1.94. The summed E-state index contributed by atoms with van der Waals surface area (Å²) in [4.78, 5) is 30.6. The van der Waals surface area contributed by atoms with E-state index in [1.54, 1.807) is 24.3 Å². The third kappa shape index (κ3) is 3.52. The Bertz CT molecular complexity index is 925. The molecule has 8 nitrogen and oxygen atoms in total. The van der Waals surface area contributed by atoms with E-state index >= 15 is 0 Å². The summed E-state index contributed by atoms with van der Waals surface area (Å²) in [5, 5.41) is 21.6. The number of H-pyrrole nitrogens is 1. The first-order valence-corrected chi connectivity index (χ1v) is 7.35. The number of carbonyl (C=O) groups is 2. The average Bonchev–Trinajstić information content (AvgIpc) is 2.96. The third-order valence-electron chi connectivity index (χ3n) is 3.58. The molecule has 0 spiro atoms. The van der Waals surface area contributed by atoms with Crippen molar-refractivity contribution in [2.45, 2.75) is 6.42 Å². The van der Waals surface area contributed by atoms with Crippen LogP contribution in [0, 0.1) is 0 Å².